The lowest BCUT2D eigenvalue weighted by atomic mass is 10.2. The van der Waals surface area contributed by atoms with Crippen molar-refractivity contribution >= 4 is 35.0 Å². The second kappa shape index (κ2) is 8.94. The van der Waals surface area contributed by atoms with Crippen LogP contribution in [0, 0.1) is 0 Å². The highest BCUT2D eigenvalue weighted by Crippen LogP contribution is 2.29. The summed E-state index contributed by atoms with van der Waals surface area (Å²) in [6.07, 6.45) is 2.67. The Kier molecular flexibility index (Phi) is 6.66. The molecule has 132 valence electrons. The molecular weight excluding hydrogens is 348 g/mol. The van der Waals surface area contributed by atoms with Gasteiger partial charge in [0.05, 0.1) is 11.8 Å². The van der Waals surface area contributed by atoms with Crippen molar-refractivity contribution in [3.05, 3.63) is 23.2 Å². The number of benzene rings is 1. The summed E-state index contributed by atoms with van der Waals surface area (Å²) in [4.78, 5) is 12.3. The topological polar surface area (TPSA) is 59.6 Å². The summed E-state index contributed by atoms with van der Waals surface area (Å²) in [5, 5.41) is 6.87. The molecule has 2 saturated heterocycles. The molecule has 1 aromatic rings. The first kappa shape index (κ1) is 17.9. The van der Waals surface area contributed by atoms with E-state index in [4.69, 9.17) is 21.1 Å². The fourth-order valence-electron chi connectivity index (χ4n) is 2.86. The van der Waals surface area contributed by atoms with Gasteiger partial charge in [-0.15, -0.1) is 0 Å². The van der Waals surface area contributed by atoms with E-state index >= 15 is 0 Å². The van der Waals surface area contributed by atoms with Crippen LogP contribution in [0.3, 0.4) is 0 Å². The molecule has 7 heteroatoms. The first-order valence-electron chi connectivity index (χ1n) is 8.35. The van der Waals surface area contributed by atoms with Crippen LogP contribution in [0.4, 0.5) is 5.69 Å². The highest BCUT2D eigenvalue weighted by molar-refractivity contribution is 7.99. The van der Waals surface area contributed by atoms with Gasteiger partial charge in [0.1, 0.15) is 12.4 Å². The van der Waals surface area contributed by atoms with Crippen LogP contribution >= 0.6 is 23.4 Å². The largest absolute Gasteiger partial charge is 0.489 e. The Hall–Kier alpha value is -0.950. The lowest BCUT2D eigenvalue weighted by Gasteiger charge is -2.23. The van der Waals surface area contributed by atoms with E-state index in [1.165, 1.54) is 0 Å². The standard InChI is InChI=1S/C17H23ClN2O3S/c18-12-3-4-16(23-10-14-2-1-6-22-14)15(8-12)20-17(21)9-13-11-24-7-5-19-13/h3-4,8,13-14,19H,1-2,5-7,9-11H2,(H,20,21). The van der Waals surface area contributed by atoms with Crippen LogP contribution in [0.5, 0.6) is 5.75 Å². The maximum absolute atomic E-state index is 12.3. The zero-order valence-corrected chi connectivity index (χ0v) is 15.1. The molecule has 2 N–H and O–H groups in total. The Bertz CT molecular complexity index is 561. The van der Waals surface area contributed by atoms with Crippen LogP contribution in [-0.2, 0) is 9.53 Å². The lowest BCUT2D eigenvalue weighted by molar-refractivity contribution is -0.116. The maximum atomic E-state index is 12.3. The third kappa shape index (κ3) is 5.28. The molecule has 1 aromatic carbocycles. The second-order valence-corrected chi connectivity index (χ2v) is 7.65. The predicted octanol–water partition coefficient (Wildman–Crippen LogP) is 2.93. The molecule has 1 amide bonds. The van der Waals surface area contributed by atoms with Gasteiger partial charge < -0.3 is 20.1 Å². The number of carbonyl (C=O) groups is 1. The quantitative estimate of drug-likeness (QED) is 0.806. The molecule has 0 saturated carbocycles. The Labute approximate surface area is 151 Å². The summed E-state index contributed by atoms with van der Waals surface area (Å²) in [6, 6.07) is 5.51. The van der Waals surface area contributed by atoms with Crippen LogP contribution in [-0.4, -0.2) is 49.3 Å². The fourth-order valence-corrected chi connectivity index (χ4v) is 3.98. The molecule has 5 nitrogen and oxygen atoms in total. The second-order valence-electron chi connectivity index (χ2n) is 6.06. The van der Waals surface area contributed by atoms with Crippen LogP contribution in [0.15, 0.2) is 18.2 Å². The van der Waals surface area contributed by atoms with Gasteiger partial charge in [0.2, 0.25) is 5.91 Å². The molecular formula is C17H23ClN2O3S. The SMILES string of the molecule is O=C(CC1CSCCN1)Nc1cc(Cl)ccc1OCC1CCCO1. The van der Waals surface area contributed by atoms with Crippen molar-refractivity contribution in [3.8, 4) is 5.75 Å². The summed E-state index contributed by atoms with van der Waals surface area (Å²) in [5.74, 6) is 2.67. The average molecular weight is 371 g/mol. The van der Waals surface area contributed by atoms with Crippen molar-refractivity contribution < 1.29 is 14.3 Å². The number of amides is 1. The van der Waals surface area contributed by atoms with Crippen LogP contribution in [0.2, 0.25) is 5.02 Å². The minimum Gasteiger partial charge on any atom is -0.489 e. The Morgan fingerprint density at radius 3 is 3.17 bits per heavy atom. The average Bonchev–Trinajstić information content (AvgIpc) is 3.08. The zero-order chi connectivity index (χ0) is 16.8. The van der Waals surface area contributed by atoms with Gasteiger partial charge in [0, 0.05) is 42.1 Å². The van der Waals surface area contributed by atoms with Gasteiger partial charge in [-0.2, -0.15) is 11.8 Å². The van der Waals surface area contributed by atoms with Gasteiger partial charge in [0.15, 0.2) is 0 Å². The first-order chi connectivity index (χ1) is 11.7. The number of carbonyl (C=O) groups excluding carboxylic acids is 1. The molecule has 2 atom stereocenters. The number of hydrogen-bond donors (Lipinski definition) is 2. The van der Waals surface area contributed by atoms with Crippen LogP contribution in [0.25, 0.3) is 0 Å². The van der Waals surface area contributed by atoms with E-state index < -0.39 is 0 Å². The number of halogens is 1. The Morgan fingerprint density at radius 1 is 1.50 bits per heavy atom. The van der Waals surface area contributed by atoms with E-state index in [1.807, 2.05) is 11.8 Å². The summed E-state index contributed by atoms with van der Waals surface area (Å²) in [5.41, 5.74) is 0.619. The lowest BCUT2D eigenvalue weighted by Crippen LogP contribution is -2.39. The van der Waals surface area contributed by atoms with Gasteiger partial charge in [-0.25, -0.2) is 0 Å². The monoisotopic (exact) mass is 370 g/mol. The van der Waals surface area contributed by atoms with Crippen molar-refractivity contribution in [2.75, 3.05) is 36.6 Å². The molecule has 0 spiro atoms. The molecule has 3 rings (SSSR count). The van der Waals surface area contributed by atoms with Crippen molar-refractivity contribution in [2.24, 2.45) is 0 Å². The summed E-state index contributed by atoms with van der Waals surface area (Å²) >= 11 is 7.95. The van der Waals surface area contributed by atoms with Gasteiger partial charge in [-0.1, -0.05) is 11.6 Å². The third-order valence-electron chi connectivity index (χ3n) is 4.09. The number of ether oxygens (including phenoxy) is 2. The molecule has 0 aliphatic carbocycles. The van der Waals surface area contributed by atoms with E-state index in [0.29, 0.717) is 29.5 Å². The number of anilines is 1. The number of thioether (sulfide) groups is 1. The summed E-state index contributed by atoms with van der Waals surface area (Å²) in [7, 11) is 0. The van der Waals surface area contributed by atoms with E-state index in [1.54, 1.807) is 18.2 Å². The molecule has 2 aliphatic heterocycles. The summed E-state index contributed by atoms with van der Waals surface area (Å²) < 4.78 is 11.4. The Morgan fingerprint density at radius 2 is 2.42 bits per heavy atom. The van der Waals surface area contributed by atoms with Crippen molar-refractivity contribution in [1.29, 1.82) is 0 Å². The van der Waals surface area contributed by atoms with Gasteiger partial charge in [0.25, 0.3) is 0 Å². The molecule has 2 heterocycles. The first-order valence-corrected chi connectivity index (χ1v) is 9.89. The van der Waals surface area contributed by atoms with E-state index in [9.17, 15) is 4.79 Å². The van der Waals surface area contributed by atoms with Gasteiger partial charge in [-0.05, 0) is 31.0 Å². The Balaban J connectivity index is 1.58. The molecule has 0 aromatic heterocycles. The molecule has 0 bridgehead atoms. The smallest absolute Gasteiger partial charge is 0.226 e. The van der Waals surface area contributed by atoms with Crippen LogP contribution in [0.1, 0.15) is 19.3 Å². The fraction of sp³-hybridized carbons (Fsp3) is 0.588. The van der Waals surface area contributed by atoms with E-state index in [0.717, 1.165) is 37.5 Å². The minimum atomic E-state index is -0.0285. The molecule has 2 fully saturated rings. The van der Waals surface area contributed by atoms with E-state index in [-0.39, 0.29) is 18.1 Å². The van der Waals surface area contributed by atoms with Crippen molar-refractivity contribution in [1.82, 2.24) is 5.32 Å². The molecule has 2 aliphatic rings. The number of nitrogens with one attached hydrogen (secondary N) is 2. The zero-order valence-electron chi connectivity index (χ0n) is 13.6. The number of hydrogen-bond acceptors (Lipinski definition) is 5. The highest BCUT2D eigenvalue weighted by atomic mass is 35.5. The van der Waals surface area contributed by atoms with Crippen LogP contribution < -0.4 is 15.4 Å². The maximum Gasteiger partial charge on any atom is 0.226 e. The van der Waals surface area contributed by atoms with Crippen molar-refractivity contribution in [2.45, 2.75) is 31.4 Å². The normalized spacial score (nSPS) is 23.9. The van der Waals surface area contributed by atoms with Gasteiger partial charge >= 0.3 is 0 Å². The van der Waals surface area contributed by atoms with E-state index in [2.05, 4.69) is 10.6 Å². The van der Waals surface area contributed by atoms with Crippen molar-refractivity contribution in [3.63, 3.8) is 0 Å². The predicted molar refractivity (Wildman–Crippen MR) is 98.3 cm³/mol. The molecule has 2 unspecified atom stereocenters. The molecule has 0 radical (unpaired) electrons. The van der Waals surface area contributed by atoms with Gasteiger partial charge in [-0.3, -0.25) is 4.79 Å². The third-order valence-corrected chi connectivity index (χ3v) is 5.46. The summed E-state index contributed by atoms with van der Waals surface area (Å²) in [6.45, 7) is 2.24. The number of rotatable bonds is 6. The highest BCUT2D eigenvalue weighted by Gasteiger charge is 2.19. The molecule has 24 heavy (non-hydrogen) atoms. The minimum absolute atomic E-state index is 0.0285.